The molecule has 2 N–H and O–H groups in total. The second-order valence-electron chi connectivity index (χ2n) is 2.77. The van der Waals surface area contributed by atoms with Crippen LogP contribution in [0.3, 0.4) is 0 Å². The Labute approximate surface area is 95.1 Å². The Balaban J connectivity index is 0.000000845. The van der Waals surface area contributed by atoms with E-state index in [4.69, 9.17) is 5.73 Å². The van der Waals surface area contributed by atoms with E-state index in [9.17, 15) is 0 Å². The predicted molar refractivity (Wildman–Crippen MR) is 62.4 cm³/mol. The van der Waals surface area contributed by atoms with Gasteiger partial charge >= 0.3 is 0 Å². The molecular formula is C9H13Cl2N3. The third-order valence-corrected chi connectivity index (χ3v) is 1.88. The lowest BCUT2D eigenvalue weighted by atomic mass is 10.2. The van der Waals surface area contributed by atoms with Gasteiger partial charge in [-0.3, -0.25) is 0 Å². The van der Waals surface area contributed by atoms with Gasteiger partial charge in [-0.25, -0.2) is 4.98 Å². The zero-order valence-corrected chi connectivity index (χ0v) is 9.22. The number of fused-ring (bicyclic) bond motifs is 1. The van der Waals surface area contributed by atoms with Gasteiger partial charge in [-0.05, 0) is 24.6 Å². The Hall–Kier alpha value is -0.770. The molecule has 0 aliphatic rings. The fraction of sp³-hybridized carbons (Fsp3) is 0.222. The van der Waals surface area contributed by atoms with Crippen LogP contribution in [0.5, 0.6) is 0 Å². The fourth-order valence-corrected chi connectivity index (χ4v) is 1.28. The molecule has 78 valence electrons. The molecular weight excluding hydrogens is 221 g/mol. The molecule has 0 spiro atoms. The predicted octanol–water partition coefficient (Wildman–Crippen LogP) is 1.68. The van der Waals surface area contributed by atoms with Gasteiger partial charge in [0.2, 0.25) is 0 Å². The molecule has 0 atom stereocenters. The van der Waals surface area contributed by atoms with Gasteiger partial charge in [0.05, 0.1) is 0 Å². The standard InChI is InChI=1S/C9H11N3.2ClH/c10-4-3-8-1-2-9-11-5-6-12(9)7-8;;/h1-2,5-7H,3-4,10H2;2*1H. The molecule has 0 bridgehead atoms. The molecule has 0 unspecified atom stereocenters. The second-order valence-corrected chi connectivity index (χ2v) is 2.77. The zero-order valence-electron chi connectivity index (χ0n) is 7.59. The van der Waals surface area contributed by atoms with Crippen LogP contribution in [0.15, 0.2) is 30.7 Å². The molecule has 5 heteroatoms. The molecule has 0 saturated heterocycles. The topological polar surface area (TPSA) is 43.3 Å². The molecule has 2 rings (SSSR count). The maximum absolute atomic E-state index is 5.46. The summed E-state index contributed by atoms with van der Waals surface area (Å²) >= 11 is 0. The van der Waals surface area contributed by atoms with Gasteiger partial charge in [0.15, 0.2) is 0 Å². The van der Waals surface area contributed by atoms with Crippen molar-refractivity contribution < 1.29 is 0 Å². The van der Waals surface area contributed by atoms with Gasteiger partial charge in [-0.1, -0.05) is 6.07 Å². The minimum Gasteiger partial charge on any atom is -0.330 e. The van der Waals surface area contributed by atoms with Crippen LogP contribution >= 0.6 is 24.8 Å². The molecule has 0 aliphatic heterocycles. The highest BCUT2D eigenvalue weighted by Crippen LogP contribution is 2.04. The molecule has 0 aromatic carbocycles. The lowest BCUT2D eigenvalue weighted by Crippen LogP contribution is -2.03. The quantitative estimate of drug-likeness (QED) is 0.859. The number of hydrogen-bond donors (Lipinski definition) is 1. The van der Waals surface area contributed by atoms with E-state index in [2.05, 4.69) is 17.2 Å². The van der Waals surface area contributed by atoms with Gasteiger partial charge < -0.3 is 10.1 Å². The Bertz CT molecular complexity index is 386. The SMILES string of the molecule is Cl.Cl.NCCc1ccc2nccn2c1. The highest BCUT2D eigenvalue weighted by molar-refractivity contribution is 5.85. The van der Waals surface area contributed by atoms with Gasteiger partial charge in [-0.15, -0.1) is 24.8 Å². The highest BCUT2D eigenvalue weighted by atomic mass is 35.5. The van der Waals surface area contributed by atoms with Crippen molar-refractivity contribution in [2.75, 3.05) is 6.54 Å². The summed E-state index contributed by atoms with van der Waals surface area (Å²) in [5.41, 5.74) is 7.69. The Kier molecular flexibility index (Phi) is 5.53. The summed E-state index contributed by atoms with van der Waals surface area (Å²) in [4.78, 5) is 4.15. The average molecular weight is 234 g/mol. The summed E-state index contributed by atoms with van der Waals surface area (Å²) in [6.45, 7) is 0.695. The summed E-state index contributed by atoms with van der Waals surface area (Å²) in [6, 6.07) is 4.07. The third kappa shape index (κ3) is 2.61. The normalized spacial score (nSPS) is 9.21. The van der Waals surface area contributed by atoms with Gasteiger partial charge in [-0.2, -0.15) is 0 Å². The number of nitrogens with zero attached hydrogens (tertiary/aromatic N) is 2. The number of aromatic nitrogens is 2. The van der Waals surface area contributed by atoms with Crippen LogP contribution < -0.4 is 5.73 Å². The highest BCUT2D eigenvalue weighted by Gasteiger charge is 1.94. The summed E-state index contributed by atoms with van der Waals surface area (Å²) < 4.78 is 2.00. The van der Waals surface area contributed by atoms with E-state index >= 15 is 0 Å². The van der Waals surface area contributed by atoms with Crippen molar-refractivity contribution in [2.24, 2.45) is 5.73 Å². The van der Waals surface area contributed by atoms with E-state index in [0.29, 0.717) is 6.54 Å². The Morgan fingerprint density at radius 2 is 2.07 bits per heavy atom. The van der Waals surface area contributed by atoms with Crippen molar-refractivity contribution in [1.82, 2.24) is 9.38 Å². The average Bonchev–Trinajstić information content (AvgIpc) is 2.51. The van der Waals surface area contributed by atoms with E-state index in [1.165, 1.54) is 5.56 Å². The first-order valence-corrected chi connectivity index (χ1v) is 4.02. The number of pyridine rings is 1. The minimum absolute atomic E-state index is 0. The monoisotopic (exact) mass is 233 g/mol. The zero-order chi connectivity index (χ0) is 8.39. The summed E-state index contributed by atoms with van der Waals surface area (Å²) in [5, 5.41) is 0. The number of hydrogen-bond acceptors (Lipinski definition) is 2. The summed E-state index contributed by atoms with van der Waals surface area (Å²) in [6.07, 6.45) is 6.72. The first kappa shape index (κ1) is 13.2. The van der Waals surface area contributed by atoms with Crippen LogP contribution in [-0.2, 0) is 6.42 Å². The maximum Gasteiger partial charge on any atom is 0.136 e. The molecule has 2 aromatic rings. The first-order chi connectivity index (χ1) is 5.90. The summed E-state index contributed by atoms with van der Waals surface area (Å²) in [5.74, 6) is 0. The lowest BCUT2D eigenvalue weighted by molar-refractivity contribution is 0.951. The van der Waals surface area contributed by atoms with Crippen molar-refractivity contribution >= 4 is 30.5 Å². The third-order valence-electron chi connectivity index (χ3n) is 1.88. The van der Waals surface area contributed by atoms with E-state index < -0.39 is 0 Å². The van der Waals surface area contributed by atoms with E-state index in [-0.39, 0.29) is 24.8 Å². The minimum atomic E-state index is 0. The Morgan fingerprint density at radius 1 is 1.29 bits per heavy atom. The van der Waals surface area contributed by atoms with Gasteiger partial charge in [0.1, 0.15) is 5.65 Å². The van der Waals surface area contributed by atoms with E-state index in [1.54, 1.807) is 6.20 Å². The number of nitrogens with two attached hydrogens (primary N) is 1. The molecule has 0 radical (unpaired) electrons. The fourth-order valence-electron chi connectivity index (χ4n) is 1.28. The molecule has 0 amide bonds. The van der Waals surface area contributed by atoms with E-state index in [1.807, 2.05) is 16.7 Å². The molecule has 2 aromatic heterocycles. The van der Waals surface area contributed by atoms with Crippen molar-refractivity contribution in [1.29, 1.82) is 0 Å². The van der Waals surface area contributed by atoms with Crippen molar-refractivity contribution in [2.45, 2.75) is 6.42 Å². The van der Waals surface area contributed by atoms with Crippen LogP contribution in [0, 0.1) is 0 Å². The molecule has 0 saturated carbocycles. The van der Waals surface area contributed by atoms with Crippen LogP contribution in [-0.4, -0.2) is 15.9 Å². The van der Waals surface area contributed by atoms with Crippen molar-refractivity contribution in [3.63, 3.8) is 0 Å². The second kappa shape index (κ2) is 5.86. The molecule has 0 fully saturated rings. The molecule has 3 nitrogen and oxygen atoms in total. The number of rotatable bonds is 2. The molecule has 2 heterocycles. The van der Waals surface area contributed by atoms with Gasteiger partial charge in [0, 0.05) is 18.6 Å². The smallest absolute Gasteiger partial charge is 0.136 e. The van der Waals surface area contributed by atoms with Crippen molar-refractivity contribution in [3.8, 4) is 0 Å². The lowest BCUT2D eigenvalue weighted by Gasteiger charge is -1.98. The van der Waals surface area contributed by atoms with Crippen LogP contribution in [0.25, 0.3) is 5.65 Å². The molecule has 0 aliphatic carbocycles. The van der Waals surface area contributed by atoms with Crippen LogP contribution in [0.1, 0.15) is 5.56 Å². The number of imidazole rings is 1. The first-order valence-electron chi connectivity index (χ1n) is 4.02. The van der Waals surface area contributed by atoms with Crippen LogP contribution in [0.2, 0.25) is 0 Å². The van der Waals surface area contributed by atoms with E-state index in [0.717, 1.165) is 12.1 Å². The van der Waals surface area contributed by atoms with Gasteiger partial charge in [0.25, 0.3) is 0 Å². The largest absolute Gasteiger partial charge is 0.330 e. The van der Waals surface area contributed by atoms with Crippen LogP contribution in [0.4, 0.5) is 0 Å². The maximum atomic E-state index is 5.46. The summed E-state index contributed by atoms with van der Waals surface area (Å²) in [7, 11) is 0. The Morgan fingerprint density at radius 3 is 2.79 bits per heavy atom. The number of halogens is 2. The van der Waals surface area contributed by atoms with Crippen molar-refractivity contribution in [3.05, 3.63) is 36.3 Å². The molecule has 14 heavy (non-hydrogen) atoms.